The third-order valence-electron chi connectivity index (χ3n) is 3.10. The number of hydrogen-bond donors (Lipinski definition) is 1. The lowest BCUT2D eigenvalue weighted by Gasteiger charge is -2.06. The number of hydrogen-bond acceptors (Lipinski definition) is 3. The van der Waals surface area contributed by atoms with Crippen LogP contribution in [0, 0.1) is 0 Å². The monoisotopic (exact) mass is 326 g/mol. The Morgan fingerprint density at radius 1 is 1.10 bits per heavy atom. The summed E-state index contributed by atoms with van der Waals surface area (Å²) in [6.07, 6.45) is 1.73. The number of benzene rings is 2. The van der Waals surface area contributed by atoms with Crippen LogP contribution >= 0.6 is 15.9 Å². The Morgan fingerprint density at radius 2 is 1.95 bits per heavy atom. The molecular weight excluding hydrogens is 316 g/mol. The lowest BCUT2D eigenvalue weighted by Crippen LogP contribution is -2.03. The van der Waals surface area contributed by atoms with Crippen molar-refractivity contribution in [3.8, 4) is 0 Å². The molecule has 20 heavy (non-hydrogen) atoms. The van der Waals surface area contributed by atoms with E-state index >= 15 is 0 Å². The summed E-state index contributed by atoms with van der Waals surface area (Å²) in [6, 6.07) is 14.5. The molecule has 3 rings (SSSR count). The molecule has 98 valence electrons. The molecule has 0 aliphatic heterocycles. The summed E-state index contributed by atoms with van der Waals surface area (Å²) >= 11 is 3.39. The van der Waals surface area contributed by atoms with Crippen LogP contribution in [0.3, 0.4) is 0 Å². The quantitative estimate of drug-likeness (QED) is 0.575. The summed E-state index contributed by atoms with van der Waals surface area (Å²) < 4.78 is 0.739. The highest BCUT2D eigenvalue weighted by Crippen LogP contribution is 2.24. The van der Waals surface area contributed by atoms with Crippen molar-refractivity contribution < 1.29 is 4.79 Å². The van der Waals surface area contributed by atoms with Crippen LogP contribution in [0.5, 0.6) is 0 Å². The number of nitrogens with zero attached hydrogens (tertiary/aromatic N) is 1. The molecule has 1 heterocycles. The predicted molar refractivity (Wildman–Crippen MR) is 83.7 cm³/mol. The Balaban J connectivity index is 2.10. The second-order valence-corrected chi connectivity index (χ2v) is 5.33. The van der Waals surface area contributed by atoms with Crippen LogP contribution in [0.2, 0.25) is 0 Å². The zero-order chi connectivity index (χ0) is 14.1. The van der Waals surface area contributed by atoms with Crippen molar-refractivity contribution in [3.05, 3.63) is 70.3 Å². The number of halogens is 1. The number of rotatable bonds is 2. The fourth-order valence-corrected chi connectivity index (χ4v) is 2.52. The minimum Gasteiger partial charge on any atom is -0.399 e. The summed E-state index contributed by atoms with van der Waals surface area (Å²) in [7, 11) is 0. The molecule has 0 aliphatic rings. The van der Waals surface area contributed by atoms with Gasteiger partial charge in [-0.3, -0.25) is 9.78 Å². The number of nitrogens with two attached hydrogens (primary N) is 1. The van der Waals surface area contributed by atoms with Gasteiger partial charge in [-0.2, -0.15) is 0 Å². The number of nitrogen functional groups attached to an aromatic ring is 1. The van der Waals surface area contributed by atoms with Crippen LogP contribution in [-0.4, -0.2) is 10.8 Å². The molecule has 2 aromatic carbocycles. The molecule has 0 atom stereocenters. The Labute approximate surface area is 124 Å². The molecule has 0 amide bonds. The van der Waals surface area contributed by atoms with Gasteiger partial charge < -0.3 is 5.73 Å². The predicted octanol–water partition coefficient (Wildman–Crippen LogP) is 3.81. The molecule has 0 fully saturated rings. The minimum atomic E-state index is -0.0603. The molecule has 0 saturated heterocycles. The first-order chi connectivity index (χ1) is 9.65. The fourth-order valence-electron chi connectivity index (χ4n) is 2.09. The van der Waals surface area contributed by atoms with Gasteiger partial charge in [0.25, 0.3) is 0 Å². The molecule has 1 aromatic heterocycles. The third-order valence-corrected chi connectivity index (χ3v) is 3.79. The maximum atomic E-state index is 12.6. The van der Waals surface area contributed by atoms with Crippen LogP contribution in [0.25, 0.3) is 10.9 Å². The number of ketones is 1. The molecule has 3 nitrogen and oxygen atoms in total. The van der Waals surface area contributed by atoms with Crippen molar-refractivity contribution >= 4 is 38.3 Å². The number of carbonyl (C=O) groups excluding carboxylic acids is 1. The largest absolute Gasteiger partial charge is 0.399 e. The van der Waals surface area contributed by atoms with Gasteiger partial charge in [0, 0.05) is 32.9 Å². The van der Waals surface area contributed by atoms with Gasteiger partial charge in [-0.25, -0.2) is 0 Å². The average Bonchev–Trinajstić information content (AvgIpc) is 2.48. The van der Waals surface area contributed by atoms with Crippen LogP contribution in [0.15, 0.2) is 59.2 Å². The maximum absolute atomic E-state index is 12.6. The van der Waals surface area contributed by atoms with Crippen LogP contribution in [0.4, 0.5) is 5.69 Å². The van der Waals surface area contributed by atoms with E-state index in [-0.39, 0.29) is 5.78 Å². The highest BCUT2D eigenvalue weighted by atomic mass is 79.9. The Kier molecular flexibility index (Phi) is 3.24. The van der Waals surface area contributed by atoms with E-state index in [2.05, 4.69) is 20.9 Å². The molecule has 2 N–H and O–H groups in total. The van der Waals surface area contributed by atoms with Crippen molar-refractivity contribution in [2.24, 2.45) is 0 Å². The van der Waals surface area contributed by atoms with Gasteiger partial charge in [0.05, 0.1) is 5.52 Å². The smallest absolute Gasteiger partial charge is 0.194 e. The van der Waals surface area contributed by atoms with Gasteiger partial charge in [-0.05, 0) is 42.5 Å². The van der Waals surface area contributed by atoms with Gasteiger partial charge in [0.1, 0.15) is 0 Å². The van der Waals surface area contributed by atoms with Crippen LogP contribution in [-0.2, 0) is 0 Å². The zero-order valence-electron chi connectivity index (χ0n) is 10.5. The standard InChI is InChI=1S/C16H11BrN2O/c17-14-5-4-12(18)9-13(14)16(20)11-3-6-15-10(8-11)2-1-7-19-15/h1-9H,18H2. The van der Waals surface area contributed by atoms with Crippen molar-refractivity contribution in [2.75, 3.05) is 5.73 Å². The molecule has 0 saturated carbocycles. The molecule has 4 heteroatoms. The van der Waals surface area contributed by atoms with E-state index in [9.17, 15) is 4.79 Å². The van der Waals surface area contributed by atoms with E-state index in [0.717, 1.165) is 15.4 Å². The van der Waals surface area contributed by atoms with Gasteiger partial charge >= 0.3 is 0 Å². The lowest BCUT2D eigenvalue weighted by molar-refractivity contribution is 0.103. The normalized spacial score (nSPS) is 10.7. The number of carbonyl (C=O) groups is 1. The zero-order valence-corrected chi connectivity index (χ0v) is 12.1. The highest BCUT2D eigenvalue weighted by molar-refractivity contribution is 9.10. The lowest BCUT2D eigenvalue weighted by atomic mass is 10.0. The summed E-state index contributed by atoms with van der Waals surface area (Å²) in [5.74, 6) is -0.0603. The van der Waals surface area contributed by atoms with E-state index in [1.165, 1.54) is 0 Å². The first-order valence-electron chi connectivity index (χ1n) is 6.09. The SMILES string of the molecule is Nc1ccc(Br)c(C(=O)c2ccc3ncccc3c2)c1. The average molecular weight is 327 g/mol. The van der Waals surface area contributed by atoms with E-state index in [0.29, 0.717) is 16.8 Å². The second-order valence-electron chi connectivity index (χ2n) is 4.48. The van der Waals surface area contributed by atoms with Gasteiger partial charge in [-0.1, -0.05) is 22.0 Å². The summed E-state index contributed by atoms with van der Waals surface area (Å²) in [5, 5.41) is 0.943. The number of pyridine rings is 1. The van der Waals surface area contributed by atoms with E-state index < -0.39 is 0 Å². The first kappa shape index (κ1) is 12.8. The van der Waals surface area contributed by atoms with E-state index in [4.69, 9.17) is 5.73 Å². The molecule has 0 spiro atoms. The Hall–Kier alpha value is -2.20. The summed E-state index contributed by atoms with van der Waals surface area (Å²) in [4.78, 5) is 16.8. The van der Waals surface area contributed by atoms with Crippen molar-refractivity contribution in [3.63, 3.8) is 0 Å². The summed E-state index contributed by atoms with van der Waals surface area (Å²) in [5.41, 5.74) is 8.38. The molecule has 0 aliphatic carbocycles. The van der Waals surface area contributed by atoms with Gasteiger partial charge in [0.15, 0.2) is 5.78 Å². The van der Waals surface area contributed by atoms with E-state index in [1.807, 2.05) is 24.3 Å². The first-order valence-corrected chi connectivity index (χ1v) is 6.89. The summed E-state index contributed by atoms with van der Waals surface area (Å²) in [6.45, 7) is 0. The number of aromatic nitrogens is 1. The molecule has 0 bridgehead atoms. The van der Waals surface area contributed by atoms with Crippen molar-refractivity contribution in [1.82, 2.24) is 4.98 Å². The van der Waals surface area contributed by atoms with Crippen molar-refractivity contribution in [1.29, 1.82) is 0 Å². The fraction of sp³-hybridized carbons (Fsp3) is 0. The van der Waals surface area contributed by atoms with Gasteiger partial charge in [-0.15, -0.1) is 0 Å². The maximum Gasteiger partial charge on any atom is 0.194 e. The number of anilines is 1. The molecular formula is C16H11BrN2O. The second kappa shape index (κ2) is 5.06. The highest BCUT2D eigenvalue weighted by Gasteiger charge is 2.13. The molecule has 0 radical (unpaired) electrons. The van der Waals surface area contributed by atoms with Crippen LogP contribution < -0.4 is 5.73 Å². The third kappa shape index (κ3) is 2.30. The van der Waals surface area contributed by atoms with E-state index in [1.54, 1.807) is 30.5 Å². The minimum absolute atomic E-state index is 0.0603. The molecule has 0 unspecified atom stereocenters. The Morgan fingerprint density at radius 3 is 2.80 bits per heavy atom. The topological polar surface area (TPSA) is 56.0 Å². The Bertz CT molecular complexity index is 814. The van der Waals surface area contributed by atoms with Crippen molar-refractivity contribution in [2.45, 2.75) is 0 Å². The number of fused-ring (bicyclic) bond motifs is 1. The van der Waals surface area contributed by atoms with Gasteiger partial charge in [0.2, 0.25) is 0 Å². The van der Waals surface area contributed by atoms with Crippen LogP contribution in [0.1, 0.15) is 15.9 Å². The molecule has 3 aromatic rings.